The first-order valence-electron chi connectivity index (χ1n) is 5.82. The fourth-order valence-corrected chi connectivity index (χ4v) is 2.22. The van der Waals surface area contributed by atoms with Crippen molar-refractivity contribution < 1.29 is 23.7 Å². The maximum absolute atomic E-state index is 12.0. The van der Waals surface area contributed by atoms with Crippen molar-refractivity contribution in [2.45, 2.75) is 12.5 Å². The van der Waals surface area contributed by atoms with E-state index in [-0.39, 0.29) is 6.10 Å². The predicted octanol–water partition coefficient (Wildman–Crippen LogP) is 2.50. The summed E-state index contributed by atoms with van der Waals surface area (Å²) in [4.78, 5) is 12.0. The second-order valence-electron chi connectivity index (χ2n) is 4.03. The molecule has 102 valence electrons. The van der Waals surface area contributed by atoms with E-state index in [1.807, 2.05) is 0 Å². The van der Waals surface area contributed by atoms with Gasteiger partial charge in [-0.25, -0.2) is 4.79 Å². The van der Waals surface area contributed by atoms with Gasteiger partial charge in [0, 0.05) is 12.0 Å². The van der Waals surface area contributed by atoms with E-state index in [0.29, 0.717) is 29.2 Å². The minimum atomic E-state index is -0.417. The highest BCUT2D eigenvalue weighted by Gasteiger charge is 2.36. The van der Waals surface area contributed by atoms with Crippen LogP contribution >= 0.6 is 0 Å². The van der Waals surface area contributed by atoms with Crippen LogP contribution in [0.15, 0.2) is 18.7 Å². The zero-order valence-corrected chi connectivity index (χ0v) is 11.2. The highest BCUT2D eigenvalue weighted by Crippen LogP contribution is 2.48. The fourth-order valence-electron chi connectivity index (χ4n) is 2.22. The van der Waals surface area contributed by atoms with Crippen molar-refractivity contribution in [3.05, 3.63) is 29.8 Å². The molecule has 1 heterocycles. The molecule has 5 heteroatoms. The van der Waals surface area contributed by atoms with Crippen LogP contribution in [0.4, 0.5) is 0 Å². The molecule has 1 aliphatic rings. The average molecular weight is 264 g/mol. The zero-order chi connectivity index (χ0) is 14.0. The van der Waals surface area contributed by atoms with E-state index in [0.717, 1.165) is 5.56 Å². The molecule has 19 heavy (non-hydrogen) atoms. The standard InChI is InChI=1S/C14H16O5/c1-5-6-9-8-7-10(16-2)12(17-3)13(18-4)11(8)14(15)19-9/h5,7,9H,1,6H2,2-4H3. The summed E-state index contributed by atoms with van der Waals surface area (Å²) in [6, 6.07) is 1.75. The van der Waals surface area contributed by atoms with E-state index >= 15 is 0 Å². The molecule has 5 nitrogen and oxygen atoms in total. The maximum atomic E-state index is 12.0. The van der Waals surface area contributed by atoms with Crippen LogP contribution in [0.25, 0.3) is 0 Å². The second-order valence-corrected chi connectivity index (χ2v) is 4.03. The van der Waals surface area contributed by atoms with Crippen molar-refractivity contribution >= 4 is 5.97 Å². The van der Waals surface area contributed by atoms with Crippen LogP contribution in [0.3, 0.4) is 0 Å². The number of methoxy groups -OCH3 is 3. The first-order valence-corrected chi connectivity index (χ1v) is 5.82. The third-order valence-corrected chi connectivity index (χ3v) is 3.04. The Labute approximate surface area is 111 Å². The Bertz CT molecular complexity index is 521. The third-order valence-electron chi connectivity index (χ3n) is 3.04. The van der Waals surface area contributed by atoms with Gasteiger partial charge in [-0.15, -0.1) is 6.58 Å². The number of ether oxygens (including phenoxy) is 4. The van der Waals surface area contributed by atoms with Crippen LogP contribution in [0.5, 0.6) is 17.2 Å². The van der Waals surface area contributed by atoms with Crippen LogP contribution in [0.1, 0.15) is 28.4 Å². The van der Waals surface area contributed by atoms with Crippen molar-refractivity contribution in [2.24, 2.45) is 0 Å². The van der Waals surface area contributed by atoms with Crippen LogP contribution in [-0.2, 0) is 4.74 Å². The SMILES string of the molecule is C=CCC1OC(=O)c2c1cc(OC)c(OC)c2OC. The molecule has 0 aromatic heterocycles. The summed E-state index contributed by atoms with van der Waals surface area (Å²) < 4.78 is 21.1. The minimum Gasteiger partial charge on any atom is -0.493 e. The van der Waals surface area contributed by atoms with Gasteiger partial charge in [0.05, 0.1) is 21.3 Å². The van der Waals surface area contributed by atoms with Gasteiger partial charge >= 0.3 is 5.97 Å². The summed E-state index contributed by atoms with van der Waals surface area (Å²) in [7, 11) is 4.50. The quantitative estimate of drug-likeness (QED) is 0.604. The van der Waals surface area contributed by atoms with Crippen molar-refractivity contribution in [1.82, 2.24) is 0 Å². The Balaban J connectivity index is 2.66. The normalized spacial score (nSPS) is 16.6. The van der Waals surface area contributed by atoms with Gasteiger partial charge < -0.3 is 18.9 Å². The Morgan fingerprint density at radius 3 is 2.47 bits per heavy atom. The number of carbonyl (C=O) groups excluding carboxylic acids is 1. The Morgan fingerprint density at radius 1 is 1.26 bits per heavy atom. The molecular formula is C14H16O5. The van der Waals surface area contributed by atoms with E-state index in [1.54, 1.807) is 12.1 Å². The van der Waals surface area contributed by atoms with Gasteiger partial charge in [-0.05, 0) is 6.07 Å². The van der Waals surface area contributed by atoms with Crippen LogP contribution in [-0.4, -0.2) is 27.3 Å². The number of benzene rings is 1. The van der Waals surface area contributed by atoms with E-state index in [2.05, 4.69) is 6.58 Å². The van der Waals surface area contributed by atoms with Gasteiger partial charge in [0.1, 0.15) is 11.7 Å². The van der Waals surface area contributed by atoms with Gasteiger partial charge in [-0.2, -0.15) is 0 Å². The molecule has 0 spiro atoms. The van der Waals surface area contributed by atoms with E-state index in [1.165, 1.54) is 21.3 Å². The molecule has 0 saturated heterocycles. The zero-order valence-electron chi connectivity index (χ0n) is 11.2. The summed E-state index contributed by atoms with van der Waals surface area (Å²) in [5.41, 5.74) is 1.13. The lowest BCUT2D eigenvalue weighted by molar-refractivity contribution is 0.0390. The summed E-state index contributed by atoms with van der Waals surface area (Å²) in [6.45, 7) is 3.66. The number of cyclic esters (lactones) is 1. The molecular weight excluding hydrogens is 248 g/mol. The lowest BCUT2D eigenvalue weighted by Crippen LogP contribution is -2.02. The van der Waals surface area contributed by atoms with Crippen LogP contribution in [0, 0.1) is 0 Å². The second kappa shape index (κ2) is 5.22. The topological polar surface area (TPSA) is 54.0 Å². The highest BCUT2D eigenvalue weighted by molar-refractivity contribution is 5.98. The lowest BCUT2D eigenvalue weighted by atomic mass is 10.0. The smallest absolute Gasteiger partial charge is 0.343 e. The van der Waals surface area contributed by atoms with Gasteiger partial charge in [0.25, 0.3) is 0 Å². The van der Waals surface area contributed by atoms with Crippen molar-refractivity contribution in [3.8, 4) is 17.2 Å². The van der Waals surface area contributed by atoms with E-state index in [9.17, 15) is 4.79 Å². The number of rotatable bonds is 5. The molecule has 0 aliphatic carbocycles. The highest BCUT2D eigenvalue weighted by atomic mass is 16.6. The lowest BCUT2D eigenvalue weighted by Gasteiger charge is -2.15. The number of carbonyl (C=O) groups is 1. The molecule has 0 N–H and O–H groups in total. The molecule has 0 radical (unpaired) electrons. The molecule has 0 amide bonds. The molecule has 0 saturated carbocycles. The van der Waals surface area contributed by atoms with Gasteiger partial charge in [0.15, 0.2) is 11.5 Å². The first kappa shape index (κ1) is 13.3. The molecule has 1 unspecified atom stereocenters. The van der Waals surface area contributed by atoms with Crippen molar-refractivity contribution in [2.75, 3.05) is 21.3 Å². The summed E-state index contributed by atoms with van der Waals surface area (Å²) >= 11 is 0. The van der Waals surface area contributed by atoms with E-state index < -0.39 is 5.97 Å². The molecule has 0 bridgehead atoms. The van der Waals surface area contributed by atoms with Gasteiger partial charge in [-0.3, -0.25) is 0 Å². The summed E-state index contributed by atoms with van der Waals surface area (Å²) in [6.07, 6.45) is 1.89. The third kappa shape index (κ3) is 2.01. The predicted molar refractivity (Wildman–Crippen MR) is 69.1 cm³/mol. The number of hydrogen-bond donors (Lipinski definition) is 0. The van der Waals surface area contributed by atoms with Crippen molar-refractivity contribution in [3.63, 3.8) is 0 Å². The summed E-state index contributed by atoms with van der Waals surface area (Å²) in [5.74, 6) is 0.818. The molecule has 2 rings (SSSR count). The maximum Gasteiger partial charge on any atom is 0.343 e. The number of esters is 1. The Morgan fingerprint density at radius 2 is 1.95 bits per heavy atom. The molecule has 1 aromatic carbocycles. The number of hydrogen-bond acceptors (Lipinski definition) is 5. The van der Waals surface area contributed by atoms with Gasteiger partial charge in [-0.1, -0.05) is 6.08 Å². The Hall–Kier alpha value is -2.17. The number of fused-ring (bicyclic) bond motifs is 1. The molecule has 0 fully saturated rings. The van der Waals surface area contributed by atoms with Crippen LogP contribution in [0.2, 0.25) is 0 Å². The van der Waals surface area contributed by atoms with Crippen molar-refractivity contribution in [1.29, 1.82) is 0 Å². The molecule has 1 aliphatic heterocycles. The largest absolute Gasteiger partial charge is 0.493 e. The fraction of sp³-hybridized carbons (Fsp3) is 0.357. The summed E-state index contributed by atoms with van der Waals surface area (Å²) in [5, 5.41) is 0. The van der Waals surface area contributed by atoms with Crippen LogP contribution < -0.4 is 14.2 Å². The first-order chi connectivity index (χ1) is 9.17. The Kier molecular flexibility index (Phi) is 3.64. The average Bonchev–Trinajstić information content (AvgIpc) is 2.73. The minimum absolute atomic E-state index is 0.341. The molecule has 1 aromatic rings. The molecule has 1 atom stereocenters. The monoisotopic (exact) mass is 264 g/mol. The van der Waals surface area contributed by atoms with E-state index in [4.69, 9.17) is 18.9 Å². The van der Waals surface area contributed by atoms with Gasteiger partial charge in [0.2, 0.25) is 5.75 Å².